The molecule has 2 amide bonds. The van der Waals surface area contributed by atoms with Gasteiger partial charge in [0.2, 0.25) is 0 Å². The van der Waals surface area contributed by atoms with Gasteiger partial charge in [-0.15, -0.1) is 0 Å². The molecule has 0 aliphatic carbocycles. The zero-order valence-electron chi connectivity index (χ0n) is 11.6. The van der Waals surface area contributed by atoms with Crippen molar-refractivity contribution in [3.05, 3.63) is 52.6 Å². The second-order valence-corrected chi connectivity index (χ2v) is 4.44. The van der Waals surface area contributed by atoms with Crippen molar-refractivity contribution in [2.24, 2.45) is 5.73 Å². The van der Waals surface area contributed by atoms with Gasteiger partial charge in [0.05, 0.1) is 23.6 Å². The Hall–Kier alpha value is -2.94. The second kappa shape index (κ2) is 7.18. The highest BCUT2D eigenvalue weighted by Gasteiger charge is 2.14. The standard InChI is InChI=1S/C13H15N5O4/c14-13(19)16-22-7-3-4-10-8-17(9-15-10)11-5-1-2-6-12(11)18(20)21/h1-2,5-6,8-9H,3-4,7H2,(H3,14,16,19). The highest BCUT2D eigenvalue weighted by Crippen LogP contribution is 2.22. The second-order valence-electron chi connectivity index (χ2n) is 4.44. The molecule has 0 unspecified atom stereocenters. The summed E-state index contributed by atoms with van der Waals surface area (Å²) in [6, 6.07) is 5.69. The van der Waals surface area contributed by atoms with E-state index in [1.54, 1.807) is 29.0 Å². The van der Waals surface area contributed by atoms with Crippen molar-refractivity contribution < 1.29 is 14.6 Å². The molecule has 1 aromatic heterocycles. The Morgan fingerprint density at radius 2 is 2.23 bits per heavy atom. The first-order chi connectivity index (χ1) is 10.6. The van der Waals surface area contributed by atoms with Crippen molar-refractivity contribution >= 4 is 11.7 Å². The summed E-state index contributed by atoms with van der Waals surface area (Å²) in [6.07, 6.45) is 4.48. The van der Waals surface area contributed by atoms with Crippen LogP contribution in [0.15, 0.2) is 36.8 Å². The number of nitro groups is 1. The summed E-state index contributed by atoms with van der Waals surface area (Å²) in [6.45, 7) is 0.293. The van der Waals surface area contributed by atoms with E-state index in [-0.39, 0.29) is 5.69 Å². The zero-order valence-corrected chi connectivity index (χ0v) is 11.6. The minimum Gasteiger partial charge on any atom is -0.350 e. The fourth-order valence-electron chi connectivity index (χ4n) is 1.91. The number of urea groups is 1. The Morgan fingerprint density at radius 1 is 1.45 bits per heavy atom. The number of rotatable bonds is 7. The third kappa shape index (κ3) is 4.03. The number of para-hydroxylation sites is 2. The van der Waals surface area contributed by atoms with Crippen LogP contribution in [0.4, 0.5) is 10.5 Å². The molecule has 0 aliphatic rings. The maximum Gasteiger partial charge on any atom is 0.336 e. The molecule has 0 saturated heterocycles. The topological polar surface area (TPSA) is 125 Å². The number of amides is 2. The van der Waals surface area contributed by atoms with E-state index in [0.29, 0.717) is 25.1 Å². The lowest BCUT2D eigenvalue weighted by Crippen LogP contribution is -2.29. The summed E-state index contributed by atoms with van der Waals surface area (Å²) < 4.78 is 1.61. The molecule has 2 aromatic rings. The van der Waals surface area contributed by atoms with E-state index in [1.165, 1.54) is 12.4 Å². The third-order valence-electron chi connectivity index (χ3n) is 2.84. The maximum absolute atomic E-state index is 11.0. The average molecular weight is 305 g/mol. The number of carbonyl (C=O) groups excluding carboxylic acids is 1. The average Bonchev–Trinajstić information content (AvgIpc) is 2.95. The number of primary amides is 1. The minimum atomic E-state index is -0.749. The lowest BCUT2D eigenvalue weighted by Gasteiger charge is -2.03. The van der Waals surface area contributed by atoms with Crippen LogP contribution < -0.4 is 11.2 Å². The van der Waals surface area contributed by atoms with Gasteiger partial charge < -0.3 is 5.73 Å². The van der Waals surface area contributed by atoms with Crippen LogP contribution in [0.1, 0.15) is 12.1 Å². The number of aryl methyl sites for hydroxylation is 1. The summed E-state index contributed by atoms with van der Waals surface area (Å²) in [5.74, 6) is 0. The number of nitrogens with zero attached hydrogens (tertiary/aromatic N) is 3. The molecule has 0 bridgehead atoms. The van der Waals surface area contributed by atoms with E-state index in [0.717, 1.165) is 5.69 Å². The molecule has 9 nitrogen and oxygen atoms in total. The van der Waals surface area contributed by atoms with Crippen molar-refractivity contribution in [3.8, 4) is 5.69 Å². The number of hydroxylamine groups is 1. The molecule has 3 N–H and O–H groups in total. The Morgan fingerprint density at radius 3 is 2.95 bits per heavy atom. The van der Waals surface area contributed by atoms with Crippen LogP contribution in [0.5, 0.6) is 0 Å². The van der Waals surface area contributed by atoms with Crippen LogP contribution in [0, 0.1) is 10.1 Å². The summed E-state index contributed by atoms with van der Waals surface area (Å²) >= 11 is 0. The Bertz CT molecular complexity index is 670. The molecule has 0 saturated carbocycles. The van der Waals surface area contributed by atoms with E-state index >= 15 is 0 Å². The van der Waals surface area contributed by atoms with Gasteiger partial charge in [-0.25, -0.2) is 15.3 Å². The van der Waals surface area contributed by atoms with E-state index in [4.69, 9.17) is 10.6 Å². The summed E-state index contributed by atoms with van der Waals surface area (Å²) in [5, 5.41) is 11.0. The molecule has 1 heterocycles. The molecule has 9 heteroatoms. The van der Waals surface area contributed by atoms with Gasteiger partial charge in [0, 0.05) is 12.3 Å². The highest BCUT2D eigenvalue weighted by atomic mass is 16.7. The predicted molar refractivity (Wildman–Crippen MR) is 77.2 cm³/mol. The molecule has 0 atom stereocenters. The predicted octanol–water partition coefficient (Wildman–Crippen LogP) is 1.31. The molecule has 0 fully saturated rings. The number of aromatic nitrogens is 2. The first-order valence-electron chi connectivity index (χ1n) is 6.52. The van der Waals surface area contributed by atoms with Gasteiger partial charge in [-0.2, -0.15) is 0 Å². The SMILES string of the molecule is NC(=O)NOCCCc1cn(-c2ccccc2[N+](=O)[O-])cn1. The fraction of sp³-hybridized carbons (Fsp3) is 0.231. The molecular formula is C13H15N5O4. The molecule has 0 spiro atoms. The van der Waals surface area contributed by atoms with Crippen molar-refractivity contribution in [1.29, 1.82) is 0 Å². The van der Waals surface area contributed by atoms with Crippen LogP contribution in [0.3, 0.4) is 0 Å². The lowest BCUT2D eigenvalue weighted by atomic mass is 10.2. The van der Waals surface area contributed by atoms with Crippen LogP contribution in [-0.2, 0) is 11.3 Å². The molecule has 22 heavy (non-hydrogen) atoms. The number of hydrogen-bond acceptors (Lipinski definition) is 5. The number of imidazole rings is 1. The van der Waals surface area contributed by atoms with Crippen LogP contribution in [0.25, 0.3) is 5.69 Å². The van der Waals surface area contributed by atoms with Crippen molar-refractivity contribution in [2.45, 2.75) is 12.8 Å². The molecule has 0 radical (unpaired) electrons. The highest BCUT2D eigenvalue weighted by molar-refractivity contribution is 5.70. The van der Waals surface area contributed by atoms with E-state index in [9.17, 15) is 14.9 Å². The number of hydrogen-bond donors (Lipinski definition) is 2. The number of nitro benzene ring substituents is 1. The fourth-order valence-corrected chi connectivity index (χ4v) is 1.91. The Balaban J connectivity index is 1.97. The van der Waals surface area contributed by atoms with E-state index in [2.05, 4.69) is 4.98 Å². The van der Waals surface area contributed by atoms with Crippen molar-refractivity contribution in [2.75, 3.05) is 6.61 Å². The van der Waals surface area contributed by atoms with E-state index < -0.39 is 11.0 Å². The van der Waals surface area contributed by atoms with Gasteiger partial charge >= 0.3 is 6.03 Å². The van der Waals surface area contributed by atoms with Gasteiger partial charge in [-0.05, 0) is 18.9 Å². The first kappa shape index (κ1) is 15.4. The molecule has 0 aliphatic heterocycles. The number of carbonyl (C=O) groups is 1. The van der Waals surface area contributed by atoms with Crippen LogP contribution in [0.2, 0.25) is 0 Å². The minimum absolute atomic E-state index is 0.0143. The van der Waals surface area contributed by atoms with Crippen molar-refractivity contribution in [1.82, 2.24) is 15.0 Å². The lowest BCUT2D eigenvalue weighted by molar-refractivity contribution is -0.384. The quantitative estimate of drug-likeness (QED) is 0.453. The normalized spacial score (nSPS) is 10.4. The Kier molecular flexibility index (Phi) is 5.04. The largest absolute Gasteiger partial charge is 0.350 e. The van der Waals surface area contributed by atoms with Gasteiger partial charge in [0.1, 0.15) is 5.69 Å². The molecular weight excluding hydrogens is 290 g/mol. The number of nitrogens with two attached hydrogens (primary N) is 1. The van der Waals surface area contributed by atoms with Crippen molar-refractivity contribution in [3.63, 3.8) is 0 Å². The number of benzene rings is 1. The van der Waals surface area contributed by atoms with Gasteiger partial charge in [0.25, 0.3) is 5.69 Å². The van der Waals surface area contributed by atoms with Gasteiger partial charge in [-0.3, -0.25) is 19.5 Å². The van der Waals surface area contributed by atoms with Crippen LogP contribution in [-0.4, -0.2) is 27.1 Å². The van der Waals surface area contributed by atoms with Crippen LogP contribution >= 0.6 is 0 Å². The first-order valence-corrected chi connectivity index (χ1v) is 6.52. The van der Waals surface area contributed by atoms with Gasteiger partial charge in [0.15, 0.2) is 0 Å². The molecule has 116 valence electrons. The zero-order chi connectivity index (χ0) is 15.9. The van der Waals surface area contributed by atoms with Gasteiger partial charge in [-0.1, -0.05) is 12.1 Å². The summed E-state index contributed by atoms with van der Waals surface area (Å²) in [5.41, 5.74) is 8.10. The maximum atomic E-state index is 11.0. The molecule has 1 aromatic carbocycles. The Labute approximate surface area is 125 Å². The van der Waals surface area contributed by atoms with E-state index in [1.807, 2.05) is 5.48 Å². The molecule has 2 rings (SSSR count). The summed E-state index contributed by atoms with van der Waals surface area (Å²) in [4.78, 5) is 30.0. The third-order valence-corrected chi connectivity index (χ3v) is 2.84. The number of nitrogens with one attached hydrogen (secondary N) is 1. The monoisotopic (exact) mass is 305 g/mol. The smallest absolute Gasteiger partial charge is 0.336 e. The summed E-state index contributed by atoms with van der Waals surface area (Å²) in [7, 11) is 0.